The minimum absolute atomic E-state index is 0.231. The van der Waals surface area contributed by atoms with Gasteiger partial charge < -0.3 is 15.4 Å². The highest BCUT2D eigenvalue weighted by molar-refractivity contribution is 6.05. The second-order valence-electron chi connectivity index (χ2n) is 7.66. The normalized spacial score (nSPS) is 24.1. The molecule has 1 unspecified atom stereocenters. The molecule has 1 atom stereocenters. The second-order valence-corrected chi connectivity index (χ2v) is 7.66. The summed E-state index contributed by atoms with van der Waals surface area (Å²) >= 11 is 0. The summed E-state index contributed by atoms with van der Waals surface area (Å²) in [6.45, 7) is 7.31. The van der Waals surface area contributed by atoms with Gasteiger partial charge in [0.05, 0.1) is 13.2 Å². The number of benzene rings is 1. The molecule has 7 nitrogen and oxygen atoms in total. The average molecular weight is 371 g/mol. The maximum Gasteiger partial charge on any atom is 0.221 e. The van der Waals surface area contributed by atoms with Crippen molar-refractivity contribution in [2.24, 2.45) is 15.7 Å². The molecule has 2 aliphatic heterocycles. The highest BCUT2D eigenvalue weighted by Crippen LogP contribution is 2.26. The zero-order valence-electron chi connectivity index (χ0n) is 16.3. The molecule has 1 aromatic rings. The van der Waals surface area contributed by atoms with Crippen molar-refractivity contribution in [3.8, 4) is 0 Å². The summed E-state index contributed by atoms with van der Waals surface area (Å²) in [7, 11) is 0. The van der Waals surface area contributed by atoms with Gasteiger partial charge in [0.2, 0.25) is 11.9 Å². The number of aliphatic imine (C=N–C) groups is 2. The summed E-state index contributed by atoms with van der Waals surface area (Å²) in [6, 6.07) is 7.00. The van der Waals surface area contributed by atoms with Crippen LogP contribution in [0.5, 0.6) is 0 Å². The molecule has 0 spiro atoms. The van der Waals surface area contributed by atoms with E-state index in [4.69, 9.17) is 10.5 Å². The molecule has 4 rings (SSSR count). The Morgan fingerprint density at radius 1 is 1.11 bits per heavy atom. The summed E-state index contributed by atoms with van der Waals surface area (Å²) in [5, 5.41) is 3.72. The summed E-state index contributed by atoms with van der Waals surface area (Å²) in [6.07, 6.45) is 4.70. The number of ether oxygens (including phenoxy) is 1. The van der Waals surface area contributed by atoms with Crippen molar-refractivity contribution in [1.82, 2.24) is 10.2 Å². The van der Waals surface area contributed by atoms with E-state index in [0.717, 1.165) is 24.7 Å². The lowest BCUT2D eigenvalue weighted by molar-refractivity contribution is 0.0669. The first-order chi connectivity index (χ1) is 13.1. The van der Waals surface area contributed by atoms with E-state index in [9.17, 15) is 0 Å². The van der Waals surface area contributed by atoms with Gasteiger partial charge in [0, 0.05) is 24.8 Å². The van der Waals surface area contributed by atoms with Crippen LogP contribution in [0, 0.1) is 13.8 Å². The van der Waals surface area contributed by atoms with Crippen molar-refractivity contribution in [3.05, 3.63) is 29.3 Å². The first kappa shape index (κ1) is 18.3. The molecule has 7 heteroatoms. The topological polar surface area (TPSA) is 78.5 Å². The summed E-state index contributed by atoms with van der Waals surface area (Å²) in [5.74, 6) is 1.21. The minimum Gasteiger partial charge on any atom is -0.378 e. The number of nitrogens with one attached hydrogen (secondary N) is 1. The molecule has 0 bridgehead atoms. The number of rotatable bonds is 3. The van der Waals surface area contributed by atoms with Crippen LogP contribution < -0.4 is 16.0 Å². The Morgan fingerprint density at radius 2 is 1.85 bits per heavy atom. The molecule has 0 radical (unpaired) electrons. The van der Waals surface area contributed by atoms with E-state index in [-0.39, 0.29) is 6.29 Å². The third kappa shape index (κ3) is 3.94. The van der Waals surface area contributed by atoms with Crippen molar-refractivity contribution in [2.45, 2.75) is 51.9 Å². The Morgan fingerprint density at radius 3 is 2.56 bits per heavy atom. The van der Waals surface area contributed by atoms with Gasteiger partial charge in [0.25, 0.3) is 0 Å². The Hall–Kier alpha value is -2.12. The number of aryl methyl sites for hydroxylation is 2. The largest absolute Gasteiger partial charge is 0.378 e. The third-order valence-electron chi connectivity index (χ3n) is 5.73. The number of anilines is 1. The van der Waals surface area contributed by atoms with E-state index in [1.54, 1.807) is 0 Å². The summed E-state index contributed by atoms with van der Waals surface area (Å²) in [5.41, 5.74) is 9.76. The molecule has 2 fully saturated rings. The van der Waals surface area contributed by atoms with Crippen LogP contribution in [0.1, 0.15) is 36.8 Å². The van der Waals surface area contributed by atoms with Gasteiger partial charge in [0.15, 0.2) is 6.29 Å². The van der Waals surface area contributed by atoms with Crippen molar-refractivity contribution in [2.75, 3.05) is 31.2 Å². The van der Waals surface area contributed by atoms with Gasteiger partial charge >= 0.3 is 0 Å². The van der Waals surface area contributed by atoms with Gasteiger partial charge in [-0.1, -0.05) is 18.9 Å². The van der Waals surface area contributed by atoms with Crippen LogP contribution in [0.2, 0.25) is 0 Å². The molecule has 3 aliphatic rings. The number of nitrogens with zero attached hydrogens (tertiary/aromatic N) is 4. The molecule has 0 aromatic heterocycles. The van der Waals surface area contributed by atoms with E-state index in [1.807, 2.05) is 0 Å². The lowest BCUT2D eigenvalue weighted by atomic mass is 10.1. The molecule has 146 valence electrons. The molecule has 1 saturated carbocycles. The molecule has 0 amide bonds. The van der Waals surface area contributed by atoms with Crippen molar-refractivity contribution in [1.29, 1.82) is 0 Å². The first-order valence-corrected chi connectivity index (χ1v) is 9.99. The molecular formula is C20H30N6O. The van der Waals surface area contributed by atoms with E-state index >= 15 is 0 Å². The van der Waals surface area contributed by atoms with Gasteiger partial charge in [-0.15, -0.1) is 0 Å². The molecule has 1 saturated heterocycles. The van der Waals surface area contributed by atoms with Crippen molar-refractivity contribution < 1.29 is 4.74 Å². The Labute approximate surface area is 161 Å². The van der Waals surface area contributed by atoms with Gasteiger partial charge in [-0.05, 0) is 49.9 Å². The zero-order chi connectivity index (χ0) is 18.8. The lowest BCUT2D eigenvalue weighted by Crippen LogP contribution is -2.60. The SMILES string of the molecule is Cc1ccc(N2C(N3CCOCC3)=NC(N)=NC2NC2CCCC2)cc1C. The Bertz CT molecular complexity index is 734. The average Bonchev–Trinajstić information content (AvgIpc) is 3.17. The van der Waals surface area contributed by atoms with E-state index in [1.165, 1.54) is 36.8 Å². The lowest BCUT2D eigenvalue weighted by Gasteiger charge is -2.41. The van der Waals surface area contributed by atoms with Crippen LogP contribution in [-0.2, 0) is 4.74 Å². The maximum atomic E-state index is 6.13. The Balaban J connectivity index is 1.69. The highest BCUT2D eigenvalue weighted by atomic mass is 16.5. The molecule has 2 heterocycles. The zero-order valence-corrected chi connectivity index (χ0v) is 16.3. The third-order valence-corrected chi connectivity index (χ3v) is 5.73. The van der Waals surface area contributed by atoms with Gasteiger partial charge in [-0.2, -0.15) is 4.99 Å². The fraction of sp³-hybridized carbons (Fsp3) is 0.600. The molecule has 1 aromatic carbocycles. The van der Waals surface area contributed by atoms with Crippen LogP contribution in [0.15, 0.2) is 28.2 Å². The number of hydrogen-bond acceptors (Lipinski definition) is 7. The first-order valence-electron chi connectivity index (χ1n) is 9.99. The van der Waals surface area contributed by atoms with Crippen LogP contribution in [0.25, 0.3) is 0 Å². The van der Waals surface area contributed by atoms with E-state index < -0.39 is 0 Å². The van der Waals surface area contributed by atoms with E-state index in [0.29, 0.717) is 25.2 Å². The van der Waals surface area contributed by atoms with Crippen LogP contribution in [0.4, 0.5) is 5.69 Å². The number of guanidine groups is 2. The molecule has 1 aliphatic carbocycles. The van der Waals surface area contributed by atoms with Crippen molar-refractivity contribution in [3.63, 3.8) is 0 Å². The van der Waals surface area contributed by atoms with Crippen LogP contribution in [-0.4, -0.2) is 55.5 Å². The highest BCUT2D eigenvalue weighted by Gasteiger charge is 2.33. The van der Waals surface area contributed by atoms with Crippen LogP contribution >= 0.6 is 0 Å². The van der Waals surface area contributed by atoms with Gasteiger partial charge in [-0.25, -0.2) is 4.99 Å². The van der Waals surface area contributed by atoms with E-state index in [2.05, 4.69) is 57.1 Å². The maximum absolute atomic E-state index is 6.13. The second kappa shape index (κ2) is 7.86. The summed E-state index contributed by atoms with van der Waals surface area (Å²) in [4.78, 5) is 13.8. The fourth-order valence-electron chi connectivity index (χ4n) is 4.01. The number of morpholine rings is 1. The number of nitrogens with two attached hydrogens (primary N) is 1. The fourth-order valence-corrected chi connectivity index (χ4v) is 4.01. The van der Waals surface area contributed by atoms with Gasteiger partial charge in [0.1, 0.15) is 0 Å². The minimum atomic E-state index is -0.231. The standard InChI is InChI=1S/C20H30N6O/c1-14-7-8-17(13-15(14)2)26-19(22-16-5-3-4-6-16)23-18(21)24-20(26)25-9-11-27-12-10-25/h7-8,13,16,19,22H,3-6,9-12H2,1-2H3,(H2,21,23). The molecule has 3 N–H and O–H groups in total. The van der Waals surface area contributed by atoms with Crippen LogP contribution in [0.3, 0.4) is 0 Å². The summed E-state index contributed by atoms with van der Waals surface area (Å²) < 4.78 is 5.54. The molecule has 27 heavy (non-hydrogen) atoms. The van der Waals surface area contributed by atoms with Crippen molar-refractivity contribution >= 4 is 17.6 Å². The Kier molecular flexibility index (Phi) is 5.31. The quantitative estimate of drug-likeness (QED) is 0.850. The predicted octanol–water partition coefficient (Wildman–Crippen LogP) is 1.94. The smallest absolute Gasteiger partial charge is 0.221 e. The number of hydrogen-bond donors (Lipinski definition) is 2. The predicted molar refractivity (Wildman–Crippen MR) is 109 cm³/mol. The molecular weight excluding hydrogens is 340 g/mol. The van der Waals surface area contributed by atoms with Gasteiger partial charge in [-0.3, -0.25) is 10.2 Å². The monoisotopic (exact) mass is 370 g/mol.